The van der Waals surface area contributed by atoms with E-state index in [1.54, 1.807) is 18.2 Å². The van der Waals surface area contributed by atoms with Crippen LogP contribution in [0.2, 0.25) is 0 Å². The standard InChI is InChI=1S/C19H25NO3/c1-4-12(2)9-13(3)18(22)17-11-15(20-19(17)23)10-14-5-7-16(21)8-6-14/h5-8,11-13,15,21H,4,9-10H2,1-3H3,(H,20,23)/t12-,13-,15-/m0/s1. The van der Waals surface area contributed by atoms with Crippen LogP contribution in [0, 0.1) is 11.8 Å². The second-order valence-corrected chi connectivity index (χ2v) is 6.55. The lowest BCUT2D eigenvalue weighted by Crippen LogP contribution is -2.30. The number of phenols is 1. The minimum atomic E-state index is -0.269. The van der Waals surface area contributed by atoms with Crippen molar-refractivity contribution in [3.63, 3.8) is 0 Å². The fourth-order valence-electron chi connectivity index (χ4n) is 2.90. The van der Waals surface area contributed by atoms with Gasteiger partial charge in [0.15, 0.2) is 5.78 Å². The highest BCUT2D eigenvalue weighted by atomic mass is 16.3. The van der Waals surface area contributed by atoms with Gasteiger partial charge in [-0.05, 0) is 42.5 Å². The Balaban J connectivity index is 2.03. The number of carbonyl (C=O) groups excluding carboxylic acids is 2. The molecule has 1 aliphatic heterocycles. The predicted octanol–water partition coefficient (Wildman–Crippen LogP) is 3.00. The Hall–Kier alpha value is -2.10. The molecule has 124 valence electrons. The molecule has 0 aromatic heterocycles. The maximum atomic E-state index is 12.5. The third-order valence-corrected chi connectivity index (χ3v) is 4.49. The Morgan fingerprint density at radius 3 is 2.52 bits per heavy atom. The molecule has 0 saturated carbocycles. The van der Waals surface area contributed by atoms with Crippen LogP contribution in [0.4, 0.5) is 0 Å². The van der Waals surface area contributed by atoms with Crippen LogP contribution in [0.25, 0.3) is 0 Å². The highest BCUT2D eigenvalue weighted by Gasteiger charge is 2.30. The van der Waals surface area contributed by atoms with E-state index >= 15 is 0 Å². The Morgan fingerprint density at radius 2 is 1.91 bits per heavy atom. The van der Waals surface area contributed by atoms with Gasteiger partial charge < -0.3 is 10.4 Å². The van der Waals surface area contributed by atoms with Crippen molar-refractivity contribution in [2.45, 2.75) is 46.1 Å². The van der Waals surface area contributed by atoms with Gasteiger partial charge in [0.2, 0.25) is 0 Å². The minimum Gasteiger partial charge on any atom is -0.508 e. The molecule has 0 aliphatic carbocycles. The third kappa shape index (κ3) is 4.44. The molecule has 4 heteroatoms. The molecule has 0 spiro atoms. The largest absolute Gasteiger partial charge is 0.508 e. The van der Waals surface area contributed by atoms with Crippen molar-refractivity contribution >= 4 is 11.7 Å². The topological polar surface area (TPSA) is 66.4 Å². The number of nitrogens with one attached hydrogen (secondary N) is 1. The van der Waals surface area contributed by atoms with Crippen molar-refractivity contribution < 1.29 is 14.7 Å². The zero-order chi connectivity index (χ0) is 17.0. The average molecular weight is 315 g/mol. The summed E-state index contributed by atoms with van der Waals surface area (Å²) in [5, 5.41) is 12.2. The van der Waals surface area contributed by atoms with Crippen molar-refractivity contribution in [2.24, 2.45) is 11.8 Å². The summed E-state index contributed by atoms with van der Waals surface area (Å²) in [7, 11) is 0. The van der Waals surface area contributed by atoms with E-state index in [4.69, 9.17) is 0 Å². The number of hydrogen-bond acceptors (Lipinski definition) is 3. The summed E-state index contributed by atoms with van der Waals surface area (Å²) in [6.45, 7) is 6.13. The lowest BCUT2D eigenvalue weighted by atomic mass is 9.89. The number of phenolic OH excluding ortho intramolecular Hbond substituents is 1. The molecule has 1 aromatic carbocycles. The monoisotopic (exact) mass is 315 g/mol. The van der Waals surface area contributed by atoms with E-state index in [-0.39, 0.29) is 29.4 Å². The van der Waals surface area contributed by atoms with Gasteiger partial charge in [0.25, 0.3) is 5.91 Å². The van der Waals surface area contributed by atoms with E-state index in [2.05, 4.69) is 19.2 Å². The fourth-order valence-corrected chi connectivity index (χ4v) is 2.90. The lowest BCUT2D eigenvalue weighted by molar-refractivity contribution is -0.124. The fraction of sp³-hybridized carbons (Fsp3) is 0.474. The Kier molecular flexibility index (Phi) is 5.59. The molecule has 0 fully saturated rings. The number of ketones is 1. The van der Waals surface area contributed by atoms with Crippen LogP contribution in [0.15, 0.2) is 35.9 Å². The summed E-state index contributed by atoms with van der Waals surface area (Å²) in [4.78, 5) is 24.6. The van der Waals surface area contributed by atoms with Crippen molar-refractivity contribution in [1.29, 1.82) is 0 Å². The number of Topliss-reactive ketones (excluding diaryl/α,β-unsaturated/α-hetero) is 1. The van der Waals surface area contributed by atoms with Crippen molar-refractivity contribution in [3.8, 4) is 5.75 Å². The highest BCUT2D eigenvalue weighted by molar-refractivity contribution is 6.21. The number of hydrogen-bond donors (Lipinski definition) is 2. The molecule has 3 atom stereocenters. The molecule has 1 aliphatic rings. The van der Waals surface area contributed by atoms with E-state index in [0.717, 1.165) is 18.4 Å². The van der Waals surface area contributed by atoms with Crippen molar-refractivity contribution in [2.75, 3.05) is 0 Å². The van der Waals surface area contributed by atoms with E-state index in [1.165, 1.54) is 0 Å². The molecule has 1 aromatic rings. The number of rotatable bonds is 7. The molecule has 0 saturated heterocycles. The molecule has 1 heterocycles. The number of amides is 1. The van der Waals surface area contributed by atoms with E-state index in [1.807, 2.05) is 19.1 Å². The maximum Gasteiger partial charge on any atom is 0.255 e. The van der Waals surface area contributed by atoms with Gasteiger partial charge in [-0.2, -0.15) is 0 Å². The summed E-state index contributed by atoms with van der Waals surface area (Å²) in [6.07, 6.45) is 4.21. The predicted molar refractivity (Wildman–Crippen MR) is 90.1 cm³/mol. The number of benzene rings is 1. The van der Waals surface area contributed by atoms with Crippen molar-refractivity contribution in [1.82, 2.24) is 5.32 Å². The molecule has 23 heavy (non-hydrogen) atoms. The minimum absolute atomic E-state index is 0.0593. The Morgan fingerprint density at radius 1 is 1.26 bits per heavy atom. The van der Waals surface area contributed by atoms with E-state index < -0.39 is 0 Å². The first-order valence-electron chi connectivity index (χ1n) is 8.25. The van der Waals surface area contributed by atoms with Gasteiger partial charge in [0.1, 0.15) is 5.75 Å². The Bertz CT molecular complexity index is 604. The molecule has 0 unspecified atom stereocenters. The van der Waals surface area contributed by atoms with E-state index in [0.29, 0.717) is 17.9 Å². The molecular formula is C19H25NO3. The first-order valence-corrected chi connectivity index (χ1v) is 8.25. The lowest BCUT2D eigenvalue weighted by Gasteiger charge is -2.14. The van der Waals surface area contributed by atoms with Crippen molar-refractivity contribution in [3.05, 3.63) is 41.5 Å². The van der Waals surface area contributed by atoms with Gasteiger partial charge in [0.05, 0.1) is 11.6 Å². The average Bonchev–Trinajstić information content (AvgIpc) is 2.89. The maximum absolute atomic E-state index is 12.5. The van der Waals surface area contributed by atoms with Gasteiger partial charge in [-0.3, -0.25) is 9.59 Å². The van der Waals surface area contributed by atoms with Crippen LogP contribution in [0.1, 0.15) is 39.2 Å². The first kappa shape index (κ1) is 17.3. The summed E-state index contributed by atoms with van der Waals surface area (Å²) >= 11 is 0. The summed E-state index contributed by atoms with van der Waals surface area (Å²) in [6, 6.07) is 6.72. The normalized spacial score (nSPS) is 19.9. The smallest absolute Gasteiger partial charge is 0.255 e. The van der Waals surface area contributed by atoms with Gasteiger partial charge in [0, 0.05) is 5.92 Å². The molecule has 2 N–H and O–H groups in total. The van der Waals surface area contributed by atoms with Gasteiger partial charge >= 0.3 is 0 Å². The molecule has 2 rings (SSSR count). The second-order valence-electron chi connectivity index (χ2n) is 6.55. The summed E-state index contributed by atoms with van der Waals surface area (Å²) < 4.78 is 0. The van der Waals surface area contributed by atoms with Gasteiger partial charge in [-0.1, -0.05) is 39.3 Å². The molecule has 1 amide bonds. The van der Waals surface area contributed by atoms with Gasteiger partial charge in [-0.15, -0.1) is 0 Å². The van der Waals surface area contributed by atoms with Crippen LogP contribution in [-0.4, -0.2) is 22.8 Å². The van der Waals surface area contributed by atoms with Crippen LogP contribution >= 0.6 is 0 Å². The first-order chi connectivity index (χ1) is 10.9. The molecule has 0 bridgehead atoms. The number of carbonyl (C=O) groups is 2. The van der Waals surface area contributed by atoms with E-state index in [9.17, 15) is 14.7 Å². The zero-order valence-corrected chi connectivity index (χ0v) is 14.0. The van der Waals surface area contributed by atoms with Crippen LogP contribution in [0.3, 0.4) is 0 Å². The van der Waals surface area contributed by atoms with Crippen LogP contribution in [0.5, 0.6) is 5.75 Å². The highest BCUT2D eigenvalue weighted by Crippen LogP contribution is 2.22. The third-order valence-electron chi connectivity index (χ3n) is 4.49. The SMILES string of the molecule is CC[C@H](C)C[C@H](C)C(=O)C1=C[C@H](Cc2ccc(O)cc2)NC1=O. The molecular weight excluding hydrogens is 290 g/mol. The summed E-state index contributed by atoms with van der Waals surface area (Å²) in [5.74, 6) is 0.237. The van der Waals surface area contributed by atoms with Crippen LogP contribution in [-0.2, 0) is 16.0 Å². The van der Waals surface area contributed by atoms with Gasteiger partial charge in [-0.25, -0.2) is 0 Å². The summed E-state index contributed by atoms with van der Waals surface area (Å²) in [5.41, 5.74) is 1.30. The quantitative estimate of drug-likeness (QED) is 0.760. The van der Waals surface area contributed by atoms with Crippen LogP contribution < -0.4 is 5.32 Å². The molecule has 0 radical (unpaired) electrons. The molecule has 4 nitrogen and oxygen atoms in total. The zero-order valence-electron chi connectivity index (χ0n) is 14.0. The number of aromatic hydroxyl groups is 1. The second kappa shape index (κ2) is 7.44. The Labute approximate surface area is 137 Å².